The first kappa shape index (κ1) is 17.0. The van der Waals surface area contributed by atoms with E-state index in [1.807, 2.05) is 19.1 Å². The standard InChI is InChI=1S/C17H22O8/c1-7(20-2)9-12-17(25-14(9)19)6-5-8-10(13(18)21-3)15(22-4)24-16(23-12)11(8)17/h5-12,15-16H,1-4H3/t7-,8+,9+,10+,11-,12-,15+,16+,17+/m1/s1. The summed E-state index contributed by atoms with van der Waals surface area (Å²) in [5.74, 6) is -2.55. The highest BCUT2D eigenvalue weighted by Gasteiger charge is 2.74. The van der Waals surface area contributed by atoms with Gasteiger partial charge in [-0.05, 0) is 13.0 Å². The minimum Gasteiger partial charge on any atom is -0.469 e. The summed E-state index contributed by atoms with van der Waals surface area (Å²) in [7, 11) is 4.35. The van der Waals surface area contributed by atoms with E-state index in [1.54, 1.807) is 7.11 Å². The first-order valence-electron chi connectivity index (χ1n) is 8.35. The molecule has 3 aliphatic heterocycles. The van der Waals surface area contributed by atoms with Crippen molar-refractivity contribution in [3.63, 3.8) is 0 Å². The highest BCUT2D eigenvalue weighted by molar-refractivity contribution is 5.79. The Morgan fingerprint density at radius 2 is 2.04 bits per heavy atom. The molecular formula is C17H22O8. The highest BCUT2D eigenvalue weighted by Crippen LogP contribution is 2.59. The van der Waals surface area contributed by atoms with Gasteiger partial charge in [-0.1, -0.05) is 6.08 Å². The Kier molecular flexibility index (Phi) is 3.91. The summed E-state index contributed by atoms with van der Waals surface area (Å²) >= 11 is 0. The third kappa shape index (κ3) is 2.08. The summed E-state index contributed by atoms with van der Waals surface area (Å²) in [6, 6.07) is 0. The van der Waals surface area contributed by atoms with Crippen molar-refractivity contribution in [3.05, 3.63) is 12.2 Å². The zero-order valence-electron chi connectivity index (χ0n) is 14.5. The van der Waals surface area contributed by atoms with Crippen molar-refractivity contribution in [1.29, 1.82) is 0 Å². The number of hydrogen-bond donors (Lipinski definition) is 0. The minimum atomic E-state index is -0.936. The second-order valence-electron chi connectivity index (χ2n) is 6.92. The SMILES string of the molecule is COC(=O)[C@H]1[C@@H](OC)O[C@@H]2O[C@@H]3[C@H]([C@@H](C)OC)C(=O)O[C@]34C=C[C@@H]1[C@H]24. The molecule has 4 rings (SSSR count). The topological polar surface area (TPSA) is 89.5 Å². The number of hydrogen-bond acceptors (Lipinski definition) is 8. The lowest BCUT2D eigenvalue weighted by molar-refractivity contribution is -0.295. The van der Waals surface area contributed by atoms with E-state index < -0.39 is 42.1 Å². The molecule has 0 amide bonds. The van der Waals surface area contributed by atoms with Crippen LogP contribution in [0.15, 0.2) is 12.2 Å². The predicted octanol–water partition coefficient (Wildman–Crippen LogP) is 0.252. The molecule has 0 aromatic rings. The molecule has 0 radical (unpaired) electrons. The third-order valence-electron chi connectivity index (χ3n) is 5.97. The fraction of sp³-hybridized carbons (Fsp3) is 0.765. The summed E-state index contributed by atoms with van der Waals surface area (Å²) < 4.78 is 33.4. The first-order chi connectivity index (χ1) is 12.0. The zero-order chi connectivity index (χ0) is 17.9. The molecule has 3 fully saturated rings. The van der Waals surface area contributed by atoms with Crippen LogP contribution in [-0.2, 0) is 38.0 Å². The maximum Gasteiger partial charge on any atom is 0.315 e. The van der Waals surface area contributed by atoms with E-state index in [-0.39, 0.29) is 23.9 Å². The average molecular weight is 354 g/mol. The Balaban J connectivity index is 1.71. The van der Waals surface area contributed by atoms with E-state index in [2.05, 4.69) is 0 Å². The average Bonchev–Trinajstić information content (AvgIpc) is 3.21. The molecule has 0 bridgehead atoms. The van der Waals surface area contributed by atoms with Gasteiger partial charge in [-0.15, -0.1) is 0 Å². The molecule has 4 aliphatic rings. The molecule has 8 heteroatoms. The van der Waals surface area contributed by atoms with Gasteiger partial charge in [-0.2, -0.15) is 0 Å². The molecule has 3 heterocycles. The summed E-state index contributed by atoms with van der Waals surface area (Å²) in [6.45, 7) is 1.81. The van der Waals surface area contributed by atoms with Crippen molar-refractivity contribution in [2.24, 2.45) is 23.7 Å². The molecule has 0 unspecified atom stereocenters. The van der Waals surface area contributed by atoms with E-state index in [1.165, 1.54) is 14.2 Å². The van der Waals surface area contributed by atoms with E-state index in [0.717, 1.165) is 0 Å². The largest absolute Gasteiger partial charge is 0.469 e. The van der Waals surface area contributed by atoms with Crippen LogP contribution in [0, 0.1) is 23.7 Å². The molecule has 138 valence electrons. The lowest BCUT2D eigenvalue weighted by atomic mass is 9.74. The van der Waals surface area contributed by atoms with Gasteiger partial charge >= 0.3 is 11.9 Å². The molecule has 0 N–H and O–H groups in total. The van der Waals surface area contributed by atoms with E-state index in [4.69, 9.17) is 28.4 Å². The predicted molar refractivity (Wildman–Crippen MR) is 81.0 cm³/mol. The van der Waals surface area contributed by atoms with Crippen LogP contribution < -0.4 is 0 Å². The van der Waals surface area contributed by atoms with Crippen molar-refractivity contribution < 1.29 is 38.0 Å². The van der Waals surface area contributed by atoms with Gasteiger partial charge in [0.1, 0.15) is 17.9 Å². The summed E-state index contributed by atoms with van der Waals surface area (Å²) in [6.07, 6.45) is 1.43. The molecule has 0 saturated carbocycles. The smallest absolute Gasteiger partial charge is 0.315 e. The Bertz CT molecular complexity index is 618. The first-order valence-corrected chi connectivity index (χ1v) is 8.35. The van der Waals surface area contributed by atoms with Crippen LogP contribution in [0.3, 0.4) is 0 Å². The maximum absolute atomic E-state index is 12.5. The quantitative estimate of drug-likeness (QED) is 0.524. The van der Waals surface area contributed by atoms with Crippen molar-refractivity contribution in [2.75, 3.05) is 21.3 Å². The van der Waals surface area contributed by atoms with Crippen LogP contribution in [0.5, 0.6) is 0 Å². The lowest BCUT2D eigenvalue weighted by Crippen LogP contribution is -2.53. The van der Waals surface area contributed by atoms with Crippen LogP contribution in [0.4, 0.5) is 0 Å². The molecule has 8 nitrogen and oxygen atoms in total. The number of allylic oxidation sites excluding steroid dienone is 1. The van der Waals surface area contributed by atoms with Gasteiger partial charge in [-0.25, -0.2) is 0 Å². The number of methoxy groups -OCH3 is 3. The normalized spacial score (nSPS) is 48.0. The summed E-state index contributed by atoms with van der Waals surface area (Å²) in [5, 5.41) is 0. The van der Waals surface area contributed by atoms with Gasteiger partial charge in [0.05, 0.1) is 19.1 Å². The van der Waals surface area contributed by atoms with E-state index in [9.17, 15) is 9.59 Å². The summed E-state index contributed by atoms with van der Waals surface area (Å²) in [4.78, 5) is 24.8. The Morgan fingerprint density at radius 3 is 2.68 bits per heavy atom. The Labute approximate surface area is 145 Å². The van der Waals surface area contributed by atoms with Crippen molar-refractivity contribution in [1.82, 2.24) is 0 Å². The fourth-order valence-electron chi connectivity index (χ4n) is 4.75. The zero-order valence-corrected chi connectivity index (χ0v) is 14.5. The second-order valence-corrected chi connectivity index (χ2v) is 6.92. The van der Waals surface area contributed by atoms with E-state index >= 15 is 0 Å². The number of esters is 2. The number of carbonyl (C=O) groups excluding carboxylic acids is 2. The molecule has 1 aliphatic carbocycles. The Morgan fingerprint density at radius 1 is 1.28 bits per heavy atom. The number of rotatable bonds is 4. The monoisotopic (exact) mass is 354 g/mol. The van der Waals surface area contributed by atoms with Gasteiger partial charge in [0.25, 0.3) is 0 Å². The highest BCUT2D eigenvalue weighted by atomic mass is 16.8. The van der Waals surface area contributed by atoms with Crippen LogP contribution in [0.25, 0.3) is 0 Å². The Hall–Kier alpha value is -1.48. The van der Waals surface area contributed by atoms with Crippen molar-refractivity contribution in [2.45, 2.75) is 37.3 Å². The number of ether oxygens (including phenoxy) is 6. The van der Waals surface area contributed by atoms with Crippen molar-refractivity contribution in [3.8, 4) is 0 Å². The van der Waals surface area contributed by atoms with Gasteiger partial charge in [0.15, 0.2) is 18.2 Å². The second kappa shape index (κ2) is 5.77. The van der Waals surface area contributed by atoms with Crippen LogP contribution in [0.2, 0.25) is 0 Å². The van der Waals surface area contributed by atoms with Crippen molar-refractivity contribution >= 4 is 11.9 Å². The molecule has 0 aromatic carbocycles. The van der Waals surface area contributed by atoms with Crippen LogP contribution in [0.1, 0.15) is 6.92 Å². The van der Waals surface area contributed by atoms with Gasteiger partial charge in [-0.3, -0.25) is 9.59 Å². The molecule has 0 aromatic heterocycles. The number of carbonyl (C=O) groups is 2. The maximum atomic E-state index is 12.5. The molecule has 25 heavy (non-hydrogen) atoms. The molecular weight excluding hydrogens is 332 g/mol. The fourth-order valence-corrected chi connectivity index (χ4v) is 4.75. The van der Waals surface area contributed by atoms with Gasteiger partial charge in [0.2, 0.25) is 0 Å². The molecule has 1 spiro atoms. The molecule has 3 saturated heterocycles. The molecule has 9 atom stereocenters. The van der Waals surface area contributed by atoms with Crippen LogP contribution >= 0.6 is 0 Å². The van der Waals surface area contributed by atoms with Gasteiger partial charge < -0.3 is 28.4 Å². The summed E-state index contributed by atoms with van der Waals surface area (Å²) in [5.41, 5.74) is -0.936. The lowest BCUT2D eigenvalue weighted by Gasteiger charge is -2.41. The minimum absolute atomic E-state index is 0.259. The third-order valence-corrected chi connectivity index (χ3v) is 5.97. The van der Waals surface area contributed by atoms with Crippen LogP contribution in [-0.4, -0.2) is 63.7 Å². The van der Waals surface area contributed by atoms with E-state index in [0.29, 0.717) is 0 Å². The van der Waals surface area contributed by atoms with Gasteiger partial charge in [0, 0.05) is 20.1 Å².